The third-order valence-electron chi connectivity index (χ3n) is 2.62. The van der Waals surface area contributed by atoms with Crippen LogP contribution in [0, 0.1) is 10.1 Å². The summed E-state index contributed by atoms with van der Waals surface area (Å²) in [5, 5.41) is 14.6. The van der Waals surface area contributed by atoms with Crippen molar-refractivity contribution in [1.29, 1.82) is 0 Å². The molecule has 0 radical (unpaired) electrons. The summed E-state index contributed by atoms with van der Waals surface area (Å²) in [5.74, 6) is 0.688. The van der Waals surface area contributed by atoms with Gasteiger partial charge in [-0.2, -0.15) is 5.10 Å². The van der Waals surface area contributed by atoms with Crippen LogP contribution >= 0.6 is 15.9 Å². The maximum atomic E-state index is 10.7. The minimum Gasteiger partial charge on any atom is -0.496 e. The molecule has 0 spiro atoms. The van der Waals surface area contributed by atoms with E-state index in [4.69, 9.17) is 10.5 Å². The van der Waals surface area contributed by atoms with E-state index in [1.807, 2.05) is 12.1 Å². The van der Waals surface area contributed by atoms with Gasteiger partial charge in [-0.05, 0) is 18.2 Å². The van der Waals surface area contributed by atoms with Crippen LogP contribution in [0.1, 0.15) is 5.56 Å². The average Bonchev–Trinajstić information content (AvgIpc) is 2.71. The van der Waals surface area contributed by atoms with Crippen molar-refractivity contribution in [3.05, 3.63) is 44.5 Å². The van der Waals surface area contributed by atoms with Crippen molar-refractivity contribution < 1.29 is 9.66 Å². The van der Waals surface area contributed by atoms with Crippen LogP contribution in [0.2, 0.25) is 0 Å². The number of hydrogen-bond acceptors (Lipinski definition) is 5. The van der Waals surface area contributed by atoms with E-state index in [0.717, 1.165) is 16.2 Å². The van der Waals surface area contributed by atoms with Crippen LogP contribution in [0.3, 0.4) is 0 Å². The van der Waals surface area contributed by atoms with Crippen molar-refractivity contribution in [2.24, 2.45) is 0 Å². The lowest BCUT2D eigenvalue weighted by molar-refractivity contribution is -0.384. The molecule has 2 N–H and O–H groups in total. The molecule has 1 heterocycles. The molecular formula is C11H11BrN4O3. The van der Waals surface area contributed by atoms with Crippen LogP contribution in [0.15, 0.2) is 28.9 Å². The molecule has 8 heteroatoms. The van der Waals surface area contributed by atoms with Gasteiger partial charge in [-0.25, -0.2) is 4.68 Å². The largest absolute Gasteiger partial charge is 0.496 e. The third-order valence-corrected chi connectivity index (χ3v) is 3.11. The third kappa shape index (κ3) is 2.68. The molecule has 0 saturated heterocycles. The Morgan fingerprint density at radius 1 is 1.58 bits per heavy atom. The Morgan fingerprint density at radius 2 is 2.32 bits per heavy atom. The van der Waals surface area contributed by atoms with E-state index in [1.165, 1.54) is 4.68 Å². The van der Waals surface area contributed by atoms with Gasteiger partial charge in [0.1, 0.15) is 11.9 Å². The molecule has 0 unspecified atom stereocenters. The summed E-state index contributed by atoms with van der Waals surface area (Å²) in [6.07, 6.45) is 1.14. The van der Waals surface area contributed by atoms with Crippen molar-refractivity contribution in [1.82, 2.24) is 9.78 Å². The van der Waals surface area contributed by atoms with E-state index in [2.05, 4.69) is 21.0 Å². The maximum Gasteiger partial charge on any atom is 0.330 e. The zero-order valence-electron chi connectivity index (χ0n) is 10.0. The number of anilines is 1. The number of nitrogens with two attached hydrogens (primary N) is 1. The Hall–Kier alpha value is -2.09. The Kier molecular flexibility index (Phi) is 3.70. The first-order valence-electron chi connectivity index (χ1n) is 5.31. The number of nitrogen functional groups attached to an aromatic ring is 1. The highest BCUT2D eigenvalue weighted by atomic mass is 79.9. The molecule has 0 atom stereocenters. The zero-order valence-corrected chi connectivity index (χ0v) is 11.6. The van der Waals surface area contributed by atoms with Crippen LogP contribution in [-0.2, 0) is 6.54 Å². The predicted molar refractivity (Wildman–Crippen MR) is 73.1 cm³/mol. The molecule has 1 aromatic heterocycles. The molecule has 19 heavy (non-hydrogen) atoms. The number of rotatable bonds is 4. The van der Waals surface area contributed by atoms with Crippen LogP contribution in [0.4, 0.5) is 11.5 Å². The number of methoxy groups -OCH3 is 1. The molecule has 0 amide bonds. The highest BCUT2D eigenvalue weighted by Crippen LogP contribution is 2.26. The summed E-state index contributed by atoms with van der Waals surface area (Å²) in [5.41, 5.74) is 6.31. The normalized spacial score (nSPS) is 10.4. The van der Waals surface area contributed by atoms with Gasteiger partial charge >= 0.3 is 5.69 Å². The molecule has 0 bridgehead atoms. The molecule has 7 nitrogen and oxygen atoms in total. The van der Waals surface area contributed by atoms with Crippen molar-refractivity contribution >= 4 is 27.4 Å². The van der Waals surface area contributed by atoms with Gasteiger partial charge < -0.3 is 10.5 Å². The predicted octanol–water partition coefficient (Wildman–Crippen LogP) is 2.19. The molecular weight excluding hydrogens is 316 g/mol. The lowest BCUT2D eigenvalue weighted by atomic mass is 10.2. The van der Waals surface area contributed by atoms with Gasteiger partial charge in [0.25, 0.3) is 0 Å². The van der Waals surface area contributed by atoms with Gasteiger partial charge in [0, 0.05) is 10.0 Å². The Bertz CT molecular complexity index is 626. The smallest absolute Gasteiger partial charge is 0.330 e. The molecule has 100 valence electrons. The standard InChI is InChI=1S/C11H11BrN4O3/c1-19-10-3-2-8(12)4-7(10)6-15-11(13)9(5-14-15)16(17)18/h2-5H,6,13H2,1H3. The van der Waals surface area contributed by atoms with Crippen LogP contribution in [0.5, 0.6) is 5.75 Å². The number of halogens is 1. The fraction of sp³-hybridized carbons (Fsp3) is 0.182. The lowest BCUT2D eigenvalue weighted by Gasteiger charge is -2.09. The number of hydrogen-bond donors (Lipinski definition) is 1. The molecule has 2 rings (SSSR count). The van der Waals surface area contributed by atoms with Crippen LogP contribution in [0.25, 0.3) is 0 Å². The SMILES string of the molecule is COc1ccc(Br)cc1Cn1ncc([N+](=O)[O-])c1N. The van der Waals surface area contributed by atoms with E-state index in [1.54, 1.807) is 13.2 Å². The topological polar surface area (TPSA) is 96.2 Å². The summed E-state index contributed by atoms with van der Waals surface area (Å²) in [7, 11) is 1.56. The lowest BCUT2D eigenvalue weighted by Crippen LogP contribution is -2.07. The van der Waals surface area contributed by atoms with E-state index >= 15 is 0 Å². The molecule has 2 aromatic rings. The zero-order chi connectivity index (χ0) is 14.0. The first kappa shape index (κ1) is 13.3. The summed E-state index contributed by atoms with van der Waals surface area (Å²) in [6.45, 7) is 0.294. The van der Waals surface area contributed by atoms with Crippen LogP contribution in [-0.4, -0.2) is 21.8 Å². The van der Waals surface area contributed by atoms with E-state index in [9.17, 15) is 10.1 Å². The van der Waals surface area contributed by atoms with Gasteiger partial charge in [0.15, 0.2) is 0 Å². The van der Waals surface area contributed by atoms with E-state index < -0.39 is 4.92 Å². The first-order chi connectivity index (χ1) is 9.02. The molecule has 0 aliphatic carbocycles. The van der Waals surface area contributed by atoms with Crippen LogP contribution < -0.4 is 10.5 Å². The monoisotopic (exact) mass is 326 g/mol. The Morgan fingerprint density at radius 3 is 2.89 bits per heavy atom. The Labute approximate surface area is 117 Å². The first-order valence-corrected chi connectivity index (χ1v) is 6.10. The van der Waals surface area contributed by atoms with Gasteiger partial charge in [-0.3, -0.25) is 10.1 Å². The fourth-order valence-corrected chi connectivity index (χ4v) is 2.09. The van der Waals surface area contributed by atoms with Gasteiger partial charge in [-0.1, -0.05) is 15.9 Å². The second-order valence-electron chi connectivity index (χ2n) is 3.79. The molecule has 0 saturated carbocycles. The summed E-state index contributed by atoms with van der Waals surface area (Å²) >= 11 is 3.36. The molecule has 1 aromatic carbocycles. The van der Waals surface area contributed by atoms with E-state index in [-0.39, 0.29) is 11.5 Å². The number of nitro groups is 1. The summed E-state index contributed by atoms with van der Waals surface area (Å²) in [6, 6.07) is 5.50. The average molecular weight is 327 g/mol. The number of ether oxygens (including phenoxy) is 1. The fourth-order valence-electron chi connectivity index (χ4n) is 1.68. The van der Waals surface area contributed by atoms with Gasteiger partial charge in [0.05, 0.1) is 18.6 Å². The van der Waals surface area contributed by atoms with E-state index in [0.29, 0.717) is 12.3 Å². The van der Waals surface area contributed by atoms with Crippen molar-refractivity contribution in [2.75, 3.05) is 12.8 Å². The molecule has 0 aliphatic heterocycles. The minimum absolute atomic E-state index is 0.0204. The number of aromatic nitrogens is 2. The highest BCUT2D eigenvalue weighted by molar-refractivity contribution is 9.10. The van der Waals surface area contributed by atoms with Gasteiger partial charge in [-0.15, -0.1) is 0 Å². The number of benzene rings is 1. The van der Waals surface area contributed by atoms with Crippen molar-refractivity contribution in [3.63, 3.8) is 0 Å². The van der Waals surface area contributed by atoms with Gasteiger partial charge in [0.2, 0.25) is 5.82 Å². The molecule has 0 aliphatic rings. The Balaban J connectivity index is 2.36. The summed E-state index contributed by atoms with van der Waals surface area (Å²) in [4.78, 5) is 10.1. The second-order valence-corrected chi connectivity index (χ2v) is 4.70. The highest BCUT2D eigenvalue weighted by Gasteiger charge is 2.18. The molecule has 0 fully saturated rings. The second kappa shape index (κ2) is 5.27. The number of nitrogens with zero attached hydrogens (tertiary/aromatic N) is 3. The quantitative estimate of drug-likeness (QED) is 0.686. The van der Waals surface area contributed by atoms with Crippen molar-refractivity contribution in [3.8, 4) is 5.75 Å². The summed E-state index contributed by atoms with van der Waals surface area (Å²) < 4.78 is 7.47. The maximum absolute atomic E-state index is 10.7. The minimum atomic E-state index is -0.559. The van der Waals surface area contributed by atoms with Crippen molar-refractivity contribution in [2.45, 2.75) is 6.54 Å².